The molecule has 1 aromatic rings. The number of benzene rings is 1. The van der Waals surface area contributed by atoms with Crippen LogP contribution in [0.5, 0.6) is 11.5 Å². The first-order chi connectivity index (χ1) is 10.5. The van der Waals surface area contributed by atoms with Crippen LogP contribution >= 0.6 is 0 Å². The Morgan fingerprint density at radius 1 is 1.13 bits per heavy atom. The number of rotatable bonds is 4. The number of carbonyl (C=O) groups is 3. The minimum Gasteiger partial charge on any atom is -0.507 e. The maximum absolute atomic E-state index is 12.4. The largest absolute Gasteiger partial charge is 0.507 e. The summed E-state index contributed by atoms with van der Waals surface area (Å²) in [5.74, 6) is -3.31. The van der Waals surface area contributed by atoms with E-state index >= 15 is 0 Å². The van der Waals surface area contributed by atoms with Crippen LogP contribution in [-0.4, -0.2) is 49.5 Å². The molecule has 0 amide bonds. The van der Waals surface area contributed by atoms with E-state index in [1.165, 1.54) is 13.8 Å². The van der Waals surface area contributed by atoms with Gasteiger partial charge in [-0.25, -0.2) is 0 Å². The van der Waals surface area contributed by atoms with Crippen molar-refractivity contribution in [3.63, 3.8) is 0 Å². The average molecular weight is 320 g/mol. The molecule has 23 heavy (non-hydrogen) atoms. The van der Waals surface area contributed by atoms with Crippen molar-refractivity contribution in [2.75, 3.05) is 0 Å². The van der Waals surface area contributed by atoms with E-state index in [9.17, 15) is 34.8 Å². The molecule has 0 spiro atoms. The molecule has 0 aliphatic heterocycles. The second kappa shape index (κ2) is 5.60. The highest BCUT2D eigenvalue weighted by Gasteiger charge is 2.36. The van der Waals surface area contributed by atoms with Crippen LogP contribution in [0.15, 0.2) is 23.8 Å². The van der Waals surface area contributed by atoms with E-state index in [2.05, 4.69) is 0 Å². The summed E-state index contributed by atoms with van der Waals surface area (Å²) >= 11 is 0. The number of hydrogen-bond acceptors (Lipinski definition) is 7. The maximum Gasteiger partial charge on any atom is 0.196 e. The van der Waals surface area contributed by atoms with Gasteiger partial charge in [0.15, 0.2) is 17.3 Å². The van der Waals surface area contributed by atoms with Gasteiger partial charge in [0.05, 0.1) is 17.2 Å². The quantitative estimate of drug-likeness (QED) is 0.594. The van der Waals surface area contributed by atoms with Crippen LogP contribution < -0.4 is 0 Å². The topological polar surface area (TPSA) is 132 Å². The van der Waals surface area contributed by atoms with Crippen molar-refractivity contribution >= 4 is 17.3 Å². The lowest BCUT2D eigenvalue weighted by Gasteiger charge is -2.22. The first-order valence-corrected chi connectivity index (χ1v) is 6.83. The molecule has 1 aliphatic rings. The number of phenolic OH excluding ortho intramolecular Hbond substituents is 2. The minimum atomic E-state index is -1.69. The van der Waals surface area contributed by atoms with Crippen molar-refractivity contribution in [2.24, 2.45) is 0 Å². The zero-order valence-corrected chi connectivity index (χ0v) is 12.5. The summed E-state index contributed by atoms with van der Waals surface area (Å²) in [4.78, 5) is 36.2. The Hall–Kier alpha value is -2.51. The molecule has 122 valence electrons. The molecule has 0 aromatic heterocycles. The fourth-order valence-corrected chi connectivity index (χ4v) is 2.27. The average Bonchev–Trinajstić information content (AvgIpc) is 2.44. The Morgan fingerprint density at radius 2 is 1.65 bits per heavy atom. The predicted molar refractivity (Wildman–Crippen MR) is 78.4 cm³/mol. The van der Waals surface area contributed by atoms with Gasteiger partial charge in [-0.15, -0.1) is 0 Å². The van der Waals surface area contributed by atoms with Gasteiger partial charge in [0.2, 0.25) is 0 Å². The number of aromatic hydroxyl groups is 2. The Labute approximate surface area is 131 Å². The predicted octanol–water partition coefficient (Wildman–Crippen LogP) is 0.494. The summed E-state index contributed by atoms with van der Waals surface area (Å²) in [5.41, 5.74) is -2.83. The standard InChI is InChI=1S/C16H16O7/c1-16(2,23)12(21)6-10(19)7-5-11(20)13-8(17)3-4-9(18)14(13)15(7)22/h3-5,10,17-19,23H,6H2,1-2H3. The van der Waals surface area contributed by atoms with Gasteiger partial charge < -0.3 is 20.4 Å². The van der Waals surface area contributed by atoms with E-state index in [0.29, 0.717) is 0 Å². The molecule has 0 saturated carbocycles. The van der Waals surface area contributed by atoms with Crippen molar-refractivity contribution in [3.8, 4) is 11.5 Å². The van der Waals surface area contributed by atoms with Crippen LogP contribution in [0, 0.1) is 0 Å². The monoisotopic (exact) mass is 320 g/mol. The summed E-state index contributed by atoms with van der Waals surface area (Å²) in [7, 11) is 0. The lowest BCUT2D eigenvalue weighted by molar-refractivity contribution is -0.135. The van der Waals surface area contributed by atoms with E-state index in [1.54, 1.807) is 0 Å². The van der Waals surface area contributed by atoms with Crippen molar-refractivity contribution in [2.45, 2.75) is 32.0 Å². The zero-order valence-electron chi connectivity index (χ0n) is 12.5. The third-order valence-electron chi connectivity index (χ3n) is 3.60. The number of carbonyl (C=O) groups excluding carboxylic acids is 3. The lowest BCUT2D eigenvalue weighted by Crippen LogP contribution is -2.36. The second-order valence-corrected chi connectivity index (χ2v) is 5.85. The molecule has 1 unspecified atom stereocenters. The Morgan fingerprint density at radius 3 is 2.17 bits per heavy atom. The van der Waals surface area contributed by atoms with E-state index in [1.807, 2.05) is 0 Å². The first-order valence-electron chi connectivity index (χ1n) is 6.83. The summed E-state index contributed by atoms with van der Waals surface area (Å²) < 4.78 is 0. The van der Waals surface area contributed by atoms with Crippen LogP contribution in [-0.2, 0) is 4.79 Å². The van der Waals surface area contributed by atoms with Gasteiger partial charge in [-0.3, -0.25) is 14.4 Å². The first kappa shape index (κ1) is 16.9. The van der Waals surface area contributed by atoms with E-state index in [4.69, 9.17) is 0 Å². The highest BCUT2D eigenvalue weighted by Crippen LogP contribution is 2.35. The summed E-state index contributed by atoms with van der Waals surface area (Å²) in [6.45, 7) is 2.48. The molecule has 7 heteroatoms. The third kappa shape index (κ3) is 3.01. The van der Waals surface area contributed by atoms with Crippen molar-refractivity contribution in [1.82, 2.24) is 0 Å². The van der Waals surface area contributed by atoms with E-state index in [0.717, 1.165) is 18.2 Å². The molecule has 2 rings (SSSR count). The highest BCUT2D eigenvalue weighted by atomic mass is 16.3. The third-order valence-corrected chi connectivity index (χ3v) is 3.60. The van der Waals surface area contributed by atoms with Crippen molar-refractivity contribution in [3.05, 3.63) is 34.9 Å². The van der Waals surface area contributed by atoms with Crippen molar-refractivity contribution < 1.29 is 34.8 Å². The molecule has 0 fully saturated rings. The Balaban J connectivity index is 2.40. The Bertz CT molecular complexity index is 738. The van der Waals surface area contributed by atoms with Gasteiger partial charge in [-0.2, -0.15) is 0 Å². The van der Waals surface area contributed by atoms with Crippen LogP contribution in [0.4, 0.5) is 0 Å². The second-order valence-electron chi connectivity index (χ2n) is 5.85. The smallest absolute Gasteiger partial charge is 0.196 e. The van der Waals surface area contributed by atoms with E-state index < -0.39 is 52.5 Å². The van der Waals surface area contributed by atoms with Crippen LogP contribution in [0.2, 0.25) is 0 Å². The van der Waals surface area contributed by atoms with Gasteiger partial charge in [-0.05, 0) is 32.1 Å². The van der Waals surface area contributed by atoms with Crippen molar-refractivity contribution in [1.29, 1.82) is 0 Å². The molecule has 0 bridgehead atoms. The summed E-state index contributed by atoms with van der Waals surface area (Å²) in [6, 6.07) is 2.13. The number of ketones is 3. The number of hydrogen-bond donors (Lipinski definition) is 4. The number of allylic oxidation sites excluding steroid dienone is 1. The molecule has 4 N–H and O–H groups in total. The molecular weight excluding hydrogens is 304 g/mol. The molecule has 0 saturated heterocycles. The van der Waals surface area contributed by atoms with Gasteiger partial charge in [-0.1, -0.05) is 0 Å². The molecular formula is C16H16O7. The normalized spacial score (nSPS) is 15.9. The van der Waals surface area contributed by atoms with E-state index in [-0.39, 0.29) is 11.1 Å². The fourth-order valence-electron chi connectivity index (χ4n) is 2.27. The molecule has 1 atom stereocenters. The number of fused-ring (bicyclic) bond motifs is 1. The number of phenols is 2. The molecule has 7 nitrogen and oxygen atoms in total. The van der Waals surface area contributed by atoms with Gasteiger partial charge in [0, 0.05) is 12.0 Å². The number of Topliss-reactive ketones (excluding diaryl/α,β-unsaturated/α-hetero) is 2. The molecule has 0 heterocycles. The van der Waals surface area contributed by atoms with Gasteiger partial charge >= 0.3 is 0 Å². The maximum atomic E-state index is 12.4. The van der Waals surface area contributed by atoms with Crippen LogP contribution in [0.25, 0.3) is 0 Å². The molecule has 1 aliphatic carbocycles. The lowest BCUT2D eigenvalue weighted by atomic mass is 9.84. The molecule has 0 radical (unpaired) electrons. The SMILES string of the molecule is CC(C)(O)C(=O)CC(O)C1=CC(=O)c2c(O)ccc(O)c2C1=O. The fraction of sp³-hybridized carbons (Fsp3) is 0.312. The zero-order chi connectivity index (χ0) is 17.5. The van der Waals surface area contributed by atoms with Crippen LogP contribution in [0.3, 0.4) is 0 Å². The summed E-state index contributed by atoms with van der Waals surface area (Å²) in [5, 5.41) is 39.1. The minimum absolute atomic E-state index is 0.347. The highest BCUT2D eigenvalue weighted by molar-refractivity contribution is 6.27. The number of aliphatic hydroxyl groups excluding tert-OH is 1. The molecule has 1 aromatic carbocycles. The van der Waals surface area contributed by atoms with Crippen LogP contribution in [0.1, 0.15) is 41.0 Å². The Kier molecular flexibility index (Phi) is 4.10. The summed E-state index contributed by atoms with van der Waals surface area (Å²) in [6.07, 6.45) is -1.35. The van der Waals surface area contributed by atoms with Gasteiger partial charge in [0.1, 0.15) is 17.1 Å². The van der Waals surface area contributed by atoms with Gasteiger partial charge in [0.25, 0.3) is 0 Å². The number of aliphatic hydroxyl groups is 2.